The van der Waals surface area contributed by atoms with Crippen LogP contribution in [0.25, 0.3) is 0 Å². The molecule has 1 fully saturated rings. The molecule has 0 spiro atoms. The number of ether oxygens (including phenoxy) is 3. The third-order valence-electron chi connectivity index (χ3n) is 4.74. The van der Waals surface area contributed by atoms with Crippen LogP contribution in [0.4, 0.5) is 0 Å². The van der Waals surface area contributed by atoms with Crippen molar-refractivity contribution in [3.8, 4) is 17.2 Å². The van der Waals surface area contributed by atoms with Crippen LogP contribution in [0.3, 0.4) is 0 Å². The first kappa shape index (κ1) is 18.1. The van der Waals surface area contributed by atoms with E-state index >= 15 is 0 Å². The monoisotopic (exact) mass is 390 g/mol. The zero-order valence-corrected chi connectivity index (χ0v) is 15.9. The van der Waals surface area contributed by atoms with Gasteiger partial charge in [0.15, 0.2) is 11.5 Å². The van der Waals surface area contributed by atoms with E-state index < -0.39 is 10.0 Å². The van der Waals surface area contributed by atoms with Crippen molar-refractivity contribution < 1.29 is 22.6 Å². The fraction of sp³-hybridized carbons (Fsp3) is 0.421. The van der Waals surface area contributed by atoms with Crippen LogP contribution in [-0.4, -0.2) is 50.1 Å². The summed E-state index contributed by atoms with van der Waals surface area (Å²) in [6.45, 7) is 3.66. The molecule has 1 aromatic carbocycles. The lowest BCUT2D eigenvalue weighted by Crippen LogP contribution is -2.41. The van der Waals surface area contributed by atoms with Crippen molar-refractivity contribution in [2.75, 3.05) is 26.3 Å². The van der Waals surface area contributed by atoms with Gasteiger partial charge < -0.3 is 14.2 Å². The van der Waals surface area contributed by atoms with Crippen molar-refractivity contribution in [2.45, 2.75) is 30.8 Å². The van der Waals surface area contributed by atoms with Gasteiger partial charge in [-0.3, -0.25) is 4.98 Å². The van der Waals surface area contributed by atoms with Crippen LogP contribution in [0.1, 0.15) is 18.5 Å². The van der Waals surface area contributed by atoms with Crippen LogP contribution in [0.2, 0.25) is 0 Å². The molecule has 0 radical (unpaired) electrons. The zero-order valence-electron chi connectivity index (χ0n) is 15.1. The van der Waals surface area contributed by atoms with Crippen molar-refractivity contribution in [1.82, 2.24) is 9.29 Å². The van der Waals surface area contributed by atoms with Gasteiger partial charge in [0.1, 0.15) is 25.1 Å². The van der Waals surface area contributed by atoms with E-state index in [0.717, 1.165) is 5.69 Å². The lowest BCUT2D eigenvalue weighted by atomic mass is 10.1. The summed E-state index contributed by atoms with van der Waals surface area (Å²) >= 11 is 0. The number of nitrogens with zero attached hydrogens (tertiary/aromatic N) is 2. The third kappa shape index (κ3) is 3.86. The van der Waals surface area contributed by atoms with Crippen molar-refractivity contribution >= 4 is 10.0 Å². The molecule has 0 unspecified atom stereocenters. The Morgan fingerprint density at radius 3 is 2.52 bits per heavy atom. The minimum atomic E-state index is -3.57. The van der Waals surface area contributed by atoms with Gasteiger partial charge in [-0.1, -0.05) is 0 Å². The van der Waals surface area contributed by atoms with Gasteiger partial charge in [-0.05, 0) is 44.0 Å². The molecule has 2 aliphatic rings. The second kappa shape index (κ2) is 7.36. The highest BCUT2D eigenvalue weighted by Gasteiger charge is 2.31. The first-order valence-electron chi connectivity index (χ1n) is 9.01. The number of rotatable bonds is 4. The van der Waals surface area contributed by atoms with E-state index in [2.05, 4.69) is 4.98 Å². The van der Waals surface area contributed by atoms with E-state index in [4.69, 9.17) is 14.2 Å². The maximum Gasteiger partial charge on any atom is 0.243 e. The van der Waals surface area contributed by atoms with Crippen LogP contribution in [0, 0.1) is 6.92 Å². The summed E-state index contributed by atoms with van der Waals surface area (Å²) in [6, 6.07) is 8.56. The lowest BCUT2D eigenvalue weighted by molar-refractivity contribution is 0.134. The molecule has 0 amide bonds. The summed E-state index contributed by atoms with van der Waals surface area (Å²) in [5.41, 5.74) is 0.933. The highest BCUT2D eigenvalue weighted by Crippen LogP contribution is 2.33. The number of aromatic nitrogens is 1. The molecule has 1 aromatic heterocycles. The number of sulfonamides is 1. The van der Waals surface area contributed by atoms with E-state index in [9.17, 15) is 8.42 Å². The Labute approximate surface area is 158 Å². The number of pyridine rings is 1. The van der Waals surface area contributed by atoms with Gasteiger partial charge in [-0.2, -0.15) is 4.31 Å². The molecule has 144 valence electrons. The summed E-state index contributed by atoms with van der Waals surface area (Å²) in [4.78, 5) is 4.45. The van der Waals surface area contributed by atoms with Crippen molar-refractivity contribution in [2.24, 2.45) is 0 Å². The molecular formula is C19H22N2O5S. The van der Waals surface area contributed by atoms with Crippen LogP contribution in [0.15, 0.2) is 41.4 Å². The standard InChI is InChI=1S/C19H22N2O5S/c1-14-2-3-16(13-20-14)26-15-6-8-21(9-7-15)27(22,23)17-4-5-18-19(12-17)25-11-10-24-18/h2-5,12-13,15H,6-11H2,1H3. The van der Waals surface area contributed by atoms with Gasteiger partial charge in [0.2, 0.25) is 10.0 Å². The highest BCUT2D eigenvalue weighted by molar-refractivity contribution is 7.89. The van der Waals surface area contributed by atoms with Crippen molar-refractivity contribution in [1.29, 1.82) is 0 Å². The number of aryl methyl sites for hydroxylation is 1. The Morgan fingerprint density at radius 2 is 1.81 bits per heavy atom. The number of hydrogen-bond acceptors (Lipinski definition) is 6. The van der Waals surface area contributed by atoms with Crippen LogP contribution >= 0.6 is 0 Å². The molecule has 7 nitrogen and oxygen atoms in total. The van der Waals surface area contributed by atoms with Crippen LogP contribution in [0.5, 0.6) is 17.2 Å². The van der Waals surface area contributed by atoms with E-state index in [1.54, 1.807) is 24.4 Å². The van der Waals surface area contributed by atoms with Crippen molar-refractivity contribution in [3.05, 3.63) is 42.2 Å². The first-order chi connectivity index (χ1) is 13.0. The smallest absolute Gasteiger partial charge is 0.243 e. The van der Waals surface area contributed by atoms with Crippen molar-refractivity contribution in [3.63, 3.8) is 0 Å². The maximum atomic E-state index is 13.0. The Bertz CT molecular complexity index is 906. The fourth-order valence-corrected chi connectivity index (χ4v) is 4.73. The molecule has 0 atom stereocenters. The largest absolute Gasteiger partial charge is 0.489 e. The summed E-state index contributed by atoms with van der Waals surface area (Å²) in [5, 5.41) is 0. The molecule has 4 rings (SSSR count). The molecule has 2 aliphatic heterocycles. The van der Waals surface area contributed by atoms with Gasteiger partial charge in [0.05, 0.1) is 11.1 Å². The van der Waals surface area contributed by atoms with Crippen LogP contribution in [-0.2, 0) is 10.0 Å². The molecule has 3 heterocycles. The third-order valence-corrected chi connectivity index (χ3v) is 6.63. The first-order valence-corrected chi connectivity index (χ1v) is 10.5. The molecule has 0 aliphatic carbocycles. The Kier molecular flexibility index (Phi) is 4.92. The fourth-order valence-electron chi connectivity index (χ4n) is 3.24. The highest BCUT2D eigenvalue weighted by atomic mass is 32.2. The number of fused-ring (bicyclic) bond motifs is 1. The average molecular weight is 390 g/mol. The van der Waals surface area contributed by atoms with Crippen LogP contribution < -0.4 is 14.2 Å². The van der Waals surface area contributed by atoms with Gasteiger partial charge in [0, 0.05) is 24.8 Å². The molecule has 0 saturated carbocycles. The number of piperidine rings is 1. The second-order valence-electron chi connectivity index (χ2n) is 6.66. The Hall–Kier alpha value is -2.32. The predicted molar refractivity (Wildman–Crippen MR) is 98.8 cm³/mol. The minimum absolute atomic E-state index is 0.0128. The van der Waals surface area contributed by atoms with E-state index in [0.29, 0.717) is 56.4 Å². The molecule has 1 saturated heterocycles. The normalized spacial score (nSPS) is 18.3. The Morgan fingerprint density at radius 1 is 1.07 bits per heavy atom. The summed E-state index contributed by atoms with van der Waals surface area (Å²) in [6.07, 6.45) is 2.96. The lowest BCUT2D eigenvalue weighted by Gasteiger charge is -2.31. The quantitative estimate of drug-likeness (QED) is 0.798. The Balaban J connectivity index is 1.41. The molecule has 8 heteroatoms. The number of benzene rings is 1. The van der Waals surface area contributed by atoms with E-state index in [-0.39, 0.29) is 11.0 Å². The molecule has 0 bridgehead atoms. The second-order valence-corrected chi connectivity index (χ2v) is 8.60. The minimum Gasteiger partial charge on any atom is -0.489 e. The predicted octanol–water partition coefficient (Wildman–Crippen LogP) is 2.39. The van der Waals surface area contributed by atoms with E-state index in [1.165, 1.54) is 4.31 Å². The summed E-state index contributed by atoms with van der Waals surface area (Å²) in [7, 11) is -3.57. The molecule has 27 heavy (non-hydrogen) atoms. The molecular weight excluding hydrogens is 368 g/mol. The summed E-state index contributed by atoms with van der Waals surface area (Å²) < 4.78 is 44.3. The zero-order chi connectivity index (χ0) is 18.9. The topological polar surface area (TPSA) is 78.0 Å². The van der Waals surface area contributed by atoms with Gasteiger partial charge in [-0.15, -0.1) is 0 Å². The van der Waals surface area contributed by atoms with Gasteiger partial charge >= 0.3 is 0 Å². The summed E-state index contributed by atoms with van der Waals surface area (Å²) in [5.74, 6) is 1.78. The van der Waals surface area contributed by atoms with Gasteiger partial charge in [0.25, 0.3) is 0 Å². The molecule has 2 aromatic rings. The van der Waals surface area contributed by atoms with Gasteiger partial charge in [-0.25, -0.2) is 8.42 Å². The molecule has 0 N–H and O–H groups in total. The average Bonchev–Trinajstić information content (AvgIpc) is 2.70. The number of hydrogen-bond donors (Lipinski definition) is 0. The maximum absolute atomic E-state index is 13.0. The SMILES string of the molecule is Cc1ccc(OC2CCN(S(=O)(=O)c3ccc4c(c3)OCCO4)CC2)cn1. The van der Waals surface area contributed by atoms with E-state index in [1.807, 2.05) is 19.1 Å².